The Balaban J connectivity index is 2.40. The van der Waals surface area contributed by atoms with Crippen molar-refractivity contribution in [2.45, 2.75) is 25.9 Å². The molecule has 0 fully saturated rings. The highest BCUT2D eigenvalue weighted by molar-refractivity contribution is 4.99. The number of aliphatic hydroxyl groups excluding tert-OH is 1. The lowest BCUT2D eigenvalue weighted by Gasteiger charge is -2.02. The van der Waals surface area contributed by atoms with E-state index >= 15 is 0 Å². The first-order valence-corrected chi connectivity index (χ1v) is 3.53. The van der Waals surface area contributed by atoms with Gasteiger partial charge in [0.15, 0.2) is 0 Å². The van der Waals surface area contributed by atoms with Gasteiger partial charge in [-0.25, -0.2) is 0 Å². The first kappa shape index (κ1) is 7.35. The first-order chi connectivity index (χ1) is 4.83. The number of hydrogen-bond donors (Lipinski definition) is 1. The van der Waals surface area contributed by atoms with Gasteiger partial charge in [0.05, 0.1) is 12.4 Å². The lowest BCUT2D eigenvalue weighted by Crippen LogP contribution is -2.07. The van der Waals surface area contributed by atoms with E-state index < -0.39 is 0 Å². The minimum Gasteiger partial charge on any atom is -0.469 e. The fourth-order valence-electron chi connectivity index (χ4n) is 0.805. The van der Waals surface area contributed by atoms with Gasteiger partial charge in [-0.2, -0.15) is 0 Å². The van der Waals surface area contributed by atoms with Crippen molar-refractivity contribution in [3.8, 4) is 0 Å². The molecule has 0 saturated carbocycles. The van der Waals surface area contributed by atoms with Crippen molar-refractivity contribution < 1.29 is 9.52 Å². The van der Waals surface area contributed by atoms with Gasteiger partial charge in [0.25, 0.3) is 0 Å². The smallest absolute Gasteiger partial charge is 0.106 e. The van der Waals surface area contributed by atoms with E-state index in [0.717, 1.165) is 12.2 Å². The monoisotopic (exact) mass is 140 g/mol. The predicted octanol–water partition coefficient (Wildman–Crippen LogP) is 1.59. The molecule has 0 amide bonds. The van der Waals surface area contributed by atoms with Crippen molar-refractivity contribution in [3.63, 3.8) is 0 Å². The van der Waals surface area contributed by atoms with Gasteiger partial charge in [-0.05, 0) is 18.6 Å². The van der Waals surface area contributed by atoms with Crippen molar-refractivity contribution in [3.05, 3.63) is 24.2 Å². The van der Waals surface area contributed by atoms with Crippen LogP contribution in [0.5, 0.6) is 0 Å². The Morgan fingerprint density at radius 2 is 2.50 bits per heavy atom. The summed E-state index contributed by atoms with van der Waals surface area (Å²) >= 11 is 0. The molecule has 1 unspecified atom stereocenters. The largest absolute Gasteiger partial charge is 0.469 e. The Bertz CT molecular complexity index is 167. The first-order valence-electron chi connectivity index (χ1n) is 3.53. The van der Waals surface area contributed by atoms with Gasteiger partial charge >= 0.3 is 0 Å². The molecule has 2 heteroatoms. The molecule has 1 N–H and O–H groups in total. The number of rotatable bonds is 3. The molecule has 10 heavy (non-hydrogen) atoms. The zero-order valence-electron chi connectivity index (χ0n) is 6.08. The summed E-state index contributed by atoms with van der Waals surface area (Å²) in [5.41, 5.74) is 0. The predicted molar refractivity (Wildman–Crippen MR) is 38.7 cm³/mol. The topological polar surface area (TPSA) is 33.4 Å². The highest BCUT2D eigenvalue weighted by Gasteiger charge is 2.03. The number of furan rings is 1. The second-order valence-corrected chi connectivity index (χ2v) is 2.35. The van der Waals surface area contributed by atoms with Gasteiger partial charge in [0, 0.05) is 6.42 Å². The molecule has 1 atom stereocenters. The Labute approximate surface area is 60.5 Å². The van der Waals surface area contributed by atoms with Crippen LogP contribution in [0.25, 0.3) is 0 Å². The zero-order chi connectivity index (χ0) is 7.40. The fourth-order valence-corrected chi connectivity index (χ4v) is 0.805. The quantitative estimate of drug-likeness (QED) is 0.691. The van der Waals surface area contributed by atoms with Crippen LogP contribution in [0, 0.1) is 0 Å². The van der Waals surface area contributed by atoms with Crippen LogP contribution in [0.1, 0.15) is 19.1 Å². The number of aliphatic hydroxyl groups is 1. The summed E-state index contributed by atoms with van der Waals surface area (Å²) in [6.45, 7) is 1.95. The highest BCUT2D eigenvalue weighted by atomic mass is 16.3. The molecule has 0 radical (unpaired) electrons. The lowest BCUT2D eigenvalue weighted by molar-refractivity contribution is 0.163. The van der Waals surface area contributed by atoms with Crippen LogP contribution in [0.2, 0.25) is 0 Å². The van der Waals surface area contributed by atoms with Crippen LogP contribution in [0.15, 0.2) is 22.8 Å². The van der Waals surface area contributed by atoms with Crippen molar-refractivity contribution in [1.29, 1.82) is 0 Å². The third-order valence-electron chi connectivity index (χ3n) is 1.49. The van der Waals surface area contributed by atoms with Crippen LogP contribution in [-0.4, -0.2) is 11.2 Å². The van der Waals surface area contributed by atoms with Crippen LogP contribution >= 0.6 is 0 Å². The molecule has 56 valence electrons. The molecule has 0 aliphatic heterocycles. The number of hydrogen-bond acceptors (Lipinski definition) is 2. The van der Waals surface area contributed by atoms with E-state index in [1.165, 1.54) is 0 Å². The Hall–Kier alpha value is -0.760. The minimum atomic E-state index is -0.258. The molecular formula is C8H12O2. The van der Waals surface area contributed by atoms with Crippen molar-refractivity contribution in [2.75, 3.05) is 0 Å². The zero-order valence-corrected chi connectivity index (χ0v) is 6.08. The van der Waals surface area contributed by atoms with Gasteiger partial charge in [0.1, 0.15) is 5.76 Å². The Morgan fingerprint density at radius 1 is 1.70 bits per heavy atom. The molecule has 1 aromatic rings. The summed E-state index contributed by atoms with van der Waals surface area (Å²) < 4.78 is 5.05. The molecule has 0 aromatic carbocycles. The average Bonchev–Trinajstić information content (AvgIpc) is 2.40. The summed E-state index contributed by atoms with van der Waals surface area (Å²) in [7, 11) is 0. The maximum absolute atomic E-state index is 9.17. The molecule has 2 nitrogen and oxygen atoms in total. The van der Waals surface area contributed by atoms with E-state index in [1.807, 2.05) is 19.1 Å². The Kier molecular flexibility index (Phi) is 2.51. The molecule has 0 saturated heterocycles. The second-order valence-electron chi connectivity index (χ2n) is 2.35. The molecular weight excluding hydrogens is 128 g/mol. The van der Waals surface area contributed by atoms with Crippen molar-refractivity contribution in [1.82, 2.24) is 0 Å². The van der Waals surface area contributed by atoms with Gasteiger partial charge in [0.2, 0.25) is 0 Å². The van der Waals surface area contributed by atoms with E-state index in [0.29, 0.717) is 6.42 Å². The average molecular weight is 140 g/mol. The van der Waals surface area contributed by atoms with Gasteiger partial charge in [-0.3, -0.25) is 0 Å². The third kappa shape index (κ3) is 1.88. The Morgan fingerprint density at radius 3 is 3.00 bits per heavy atom. The summed E-state index contributed by atoms with van der Waals surface area (Å²) in [5, 5.41) is 9.17. The summed E-state index contributed by atoms with van der Waals surface area (Å²) in [6.07, 6.45) is 2.77. The molecule has 0 spiro atoms. The molecule has 1 aromatic heterocycles. The van der Waals surface area contributed by atoms with Crippen LogP contribution in [0.3, 0.4) is 0 Å². The SMILES string of the molecule is CCC(O)Cc1ccco1. The standard InChI is InChI=1S/C8H12O2/c1-2-7(9)6-8-4-3-5-10-8/h3-5,7,9H,2,6H2,1H3. The molecule has 0 aliphatic carbocycles. The van der Waals surface area contributed by atoms with Crippen molar-refractivity contribution in [2.24, 2.45) is 0 Å². The van der Waals surface area contributed by atoms with Gasteiger partial charge in [-0.15, -0.1) is 0 Å². The maximum Gasteiger partial charge on any atom is 0.106 e. The third-order valence-corrected chi connectivity index (χ3v) is 1.49. The maximum atomic E-state index is 9.17. The van der Waals surface area contributed by atoms with E-state index in [-0.39, 0.29) is 6.10 Å². The van der Waals surface area contributed by atoms with Crippen LogP contribution in [-0.2, 0) is 6.42 Å². The fraction of sp³-hybridized carbons (Fsp3) is 0.500. The normalized spacial score (nSPS) is 13.4. The molecule has 1 heterocycles. The molecule has 0 aliphatic rings. The molecule has 0 bridgehead atoms. The van der Waals surface area contributed by atoms with E-state index in [1.54, 1.807) is 6.26 Å². The van der Waals surface area contributed by atoms with E-state index in [2.05, 4.69) is 0 Å². The second kappa shape index (κ2) is 3.42. The summed E-state index contributed by atoms with van der Waals surface area (Å²) in [5.74, 6) is 0.856. The van der Waals surface area contributed by atoms with Crippen LogP contribution in [0.4, 0.5) is 0 Å². The summed E-state index contributed by atoms with van der Waals surface area (Å²) in [6, 6.07) is 3.70. The van der Waals surface area contributed by atoms with Crippen molar-refractivity contribution >= 4 is 0 Å². The van der Waals surface area contributed by atoms with E-state index in [4.69, 9.17) is 9.52 Å². The van der Waals surface area contributed by atoms with Gasteiger partial charge < -0.3 is 9.52 Å². The lowest BCUT2D eigenvalue weighted by atomic mass is 10.2. The minimum absolute atomic E-state index is 0.258. The highest BCUT2D eigenvalue weighted by Crippen LogP contribution is 2.05. The molecule has 1 rings (SSSR count). The van der Waals surface area contributed by atoms with E-state index in [9.17, 15) is 0 Å². The van der Waals surface area contributed by atoms with Crippen LogP contribution < -0.4 is 0 Å². The van der Waals surface area contributed by atoms with Gasteiger partial charge in [-0.1, -0.05) is 6.92 Å². The summed E-state index contributed by atoms with van der Waals surface area (Å²) in [4.78, 5) is 0.